The minimum absolute atomic E-state index is 0.724. The number of para-hydroxylation sites is 1. The summed E-state index contributed by atoms with van der Waals surface area (Å²) < 4.78 is 7.92. The molecule has 0 unspecified atom stereocenters. The maximum atomic E-state index is 5.70. The highest BCUT2D eigenvalue weighted by Gasteiger charge is 2.20. The van der Waals surface area contributed by atoms with Crippen LogP contribution in [0.2, 0.25) is 0 Å². The molecule has 1 saturated carbocycles. The van der Waals surface area contributed by atoms with E-state index in [1.807, 2.05) is 42.7 Å². The summed E-state index contributed by atoms with van der Waals surface area (Å²) in [5.41, 5.74) is 0. The molecule has 4 heteroatoms. The molecule has 20 heavy (non-hydrogen) atoms. The number of hydrogen-bond donors (Lipinski definition) is 1. The van der Waals surface area contributed by atoms with Gasteiger partial charge < -0.3 is 14.6 Å². The first-order chi connectivity index (χ1) is 9.92. The molecule has 1 N–H and O–H groups in total. The molecule has 1 aliphatic carbocycles. The Bertz CT molecular complexity index is 520. The van der Waals surface area contributed by atoms with Gasteiger partial charge in [-0.15, -0.1) is 0 Å². The van der Waals surface area contributed by atoms with Crippen LogP contribution >= 0.6 is 0 Å². The number of aromatic nitrogens is 2. The molecule has 3 rings (SSSR count). The van der Waals surface area contributed by atoms with Gasteiger partial charge in [-0.25, -0.2) is 4.98 Å². The van der Waals surface area contributed by atoms with E-state index in [-0.39, 0.29) is 0 Å². The molecule has 2 aromatic rings. The number of imidazole rings is 1. The first-order valence-corrected chi connectivity index (χ1v) is 7.33. The van der Waals surface area contributed by atoms with E-state index in [2.05, 4.69) is 14.9 Å². The second-order valence-electron chi connectivity index (χ2n) is 5.21. The van der Waals surface area contributed by atoms with Gasteiger partial charge in [-0.3, -0.25) is 0 Å². The van der Waals surface area contributed by atoms with Crippen molar-refractivity contribution in [2.24, 2.45) is 0 Å². The van der Waals surface area contributed by atoms with Crippen LogP contribution in [0.1, 0.15) is 25.1 Å². The fourth-order valence-corrected chi connectivity index (χ4v) is 2.18. The molecule has 1 aromatic carbocycles. The molecule has 1 aliphatic rings. The highest BCUT2D eigenvalue weighted by Crippen LogP contribution is 2.19. The first kappa shape index (κ1) is 13.2. The lowest BCUT2D eigenvalue weighted by molar-refractivity contribution is 0.300. The minimum Gasteiger partial charge on any atom is -0.494 e. The fraction of sp³-hybridized carbons (Fsp3) is 0.438. The fourth-order valence-electron chi connectivity index (χ4n) is 2.18. The third-order valence-electron chi connectivity index (χ3n) is 3.48. The lowest BCUT2D eigenvalue weighted by Gasteiger charge is -2.09. The van der Waals surface area contributed by atoms with E-state index < -0.39 is 0 Å². The number of benzene rings is 1. The number of nitrogens with one attached hydrogen (secondary N) is 1. The summed E-state index contributed by atoms with van der Waals surface area (Å²) in [6, 6.07) is 10.7. The van der Waals surface area contributed by atoms with E-state index in [1.54, 1.807) is 0 Å². The smallest absolute Gasteiger partial charge is 0.122 e. The largest absolute Gasteiger partial charge is 0.494 e. The van der Waals surface area contributed by atoms with Gasteiger partial charge in [0.25, 0.3) is 0 Å². The van der Waals surface area contributed by atoms with Gasteiger partial charge in [-0.05, 0) is 31.4 Å². The van der Waals surface area contributed by atoms with Gasteiger partial charge in [-0.2, -0.15) is 0 Å². The Morgan fingerprint density at radius 2 is 2.10 bits per heavy atom. The number of rotatable bonds is 8. The van der Waals surface area contributed by atoms with Crippen molar-refractivity contribution in [3.05, 3.63) is 48.5 Å². The second-order valence-corrected chi connectivity index (χ2v) is 5.21. The van der Waals surface area contributed by atoms with Crippen molar-refractivity contribution in [3.63, 3.8) is 0 Å². The van der Waals surface area contributed by atoms with Crippen LogP contribution in [0.3, 0.4) is 0 Å². The maximum absolute atomic E-state index is 5.70. The molecule has 0 aliphatic heterocycles. The Labute approximate surface area is 119 Å². The Hall–Kier alpha value is -1.81. The van der Waals surface area contributed by atoms with Gasteiger partial charge in [0.05, 0.1) is 13.2 Å². The van der Waals surface area contributed by atoms with E-state index >= 15 is 0 Å². The van der Waals surface area contributed by atoms with Crippen molar-refractivity contribution in [2.75, 3.05) is 6.61 Å². The molecule has 106 valence electrons. The topological polar surface area (TPSA) is 39.1 Å². The highest BCUT2D eigenvalue weighted by molar-refractivity contribution is 5.20. The van der Waals surface area contributed by atoms with Gasteiger partial charge in [0.1, 0.15) is 11.6 Å². The van der Waals surface area contributed by atoms with Crippen LogP contribution in [0.15, 0.2) is 42.7 Å². The summed E-state index contributed by atoms with van der Waals surface area (Å²) in [5.74, 6) is 2.06. The van der Waals surface area contributed by atoms with Gasteiger partial charge in [0.2, 0.25) is 0 Å². The van der Waals surface area contributed by atoms with Crippen LogP contribution in [0.25, 0.3) is 0 Å². The molecule has 1 heterocycles. The molecular formula is C16H21N3O. The van der Waals surface area contributed by atoms with Crippen molar-refractivity contribution >= 4 is 0 Å². The van der Waals surface area contributed by atoms with Gasteiger partial charge >= 0.3 is 0 Å². The van der Waals surface area contributed by atoms with Gasteiger partial charge in [-0.1, -0.05) is 18.2 Å². The Morgan fingerprint density at radius 1 is 1.25 bits per heavy atom. The predicted octanol–water partition coefficient (Wildman–Crippen LogP) is 2.60. The lowest BCUT2D eigenvalue weighted by atomic mass is 10.3. The molecular weight excluding hydrogens is 250 g/mol. The average molecular weight is 271 g/mol. The number of aryl methyl sites for hydroxylation is 1. The molecule has 0 amide bonds. The number of hydrogen-bond acceptors (Lipinski definition) is 3. The summed E-state index contributed by atoms with van der Waals surface area (Å²) in [7, 11) is 0. The first-order valence-electron chi connectivity index (χ1n) is 7.33. The van der Waals surface area contributed by atoms with Gasteiger partial charge in [0.15, 0.2) is 0 Å². The zero-order chi connectivity index (χ0) is 13.6. The Morgan fingerprint density at radius 3 is 2.90 bits per heavy atom. The third-order valence-corrected chi connectivity index (χ3v) is 3.48. The number of nitrogens with zero attached hydrogens (tertiary/aromatic N) is 2. The molecule has 0 spiro atoms. The van der Waals surface area contributed by atoms with Crippen molar-refractivity contribution in [2.45, 2.75) is 38.4 Å². The Kier molecular flexibility index (Phi) is 4.33. The molecule has 0 radical (unpaired) electrons. The van der Waals surface area contributed by atoms with Gasteiger partial charge in [0, 0.05) is 25.0 Å². The summed E-state index contributed by atoms with van der Waals surface area (Å²) in [4.78, 5) is 4.41. The summed E-state index contributed by atoms with van der Waals surface area (Å²) in [6.07, 6.45) is 7.54. The van der Waals surface area contributed by atoms with E-state index in [0.717, 1.165) is 43.7 Å². The van der Waals surface area contributed by atoms with E-state index in [9.17, 15) is 0 Å². The summed E-state index contributed by atoms with van der Waals surface area (Å²) in [6.45, 7) is 2.56. The van der Waals surface area contributed by atoms with Crippen LogP contribution in [0, 0.1) is 0 Å². The molecule has 0 atom stereocenters. The van der Waals surface area contributed by atoms with Crippen LogP contribution in [-0.4, -0.2) is 22.2 Å². The average Bonchev–Trinajstić information content (AvgIpc) is 3.21. The molecule has 4 nitrogen and oxygen atoms in total. The van der Waals surface area contributed by atoms with Crippen LogP contribution in [0.4, 0.5) is 0 Å². The molecule has 0 saturated heterocycles. The summed E-state index contributed by atoms with van der Waals surface area (Å²) in [5, 5.41) is 3.50. The van der Waals surface area contributed by atoms with Crippen molar-refractivity contribution < 1.29 is 4.74 Å². The van der Waals surface area contributed by atoms with Crippen LogP contribution < -0.4 is 10.1 Å². The van der Waals surface area contributed by atoms with E-state index in [1.165, 1.54) is 12.8 Å². The quantitative estimate of drug-likeness (QED) is 0.750. The monoisotopic (exact) mass is 271 g/mol. The summed E-state index contributed by atoms with van der Waals surface area (Å²) >= 11 is 0. The highest BCUT2D eigenvalue weighted by atomic mass is 16.5. The normalized spacial score (nSPS) is 14.4. The van der Waals surface area contributed by atoms with E-state index in [4.69, 9.17) is 4.74 Å². The minimum atomic E-state index is 0.724. The van der Waals surface area contributed by atoms with Crippen molar-refractivity contribution in [1.29, 1.82) is 0 Å². The second kappa shape index (κ2) is 6.57. The Balaban J connectivity index is 1.40. The van der Waals surface area contributed by atoms with Crippen LogP contribution in [-0.2, 0) is 13.1 Å². The molecule has 1 aromatic heterocycles. The molecule has 1 fully saturated rings. The van der Waals surface area contributed by atoms with Crippen LogP contribution in [0.5, 0.6) is 5.75 Å². The third kappa shape index (κ3) is 3.84. The zero-order valence-electron chi connectivity index (χ0n) is 11.7. The lowest BCUT2D eigenvalue weighted by Crippen LogP contribution is -2.19. The van der Waals surface area contributed by atoms with E-state index in [0.29, 0.717) is 0 Å². The molecule has 0 bridgehead atoms. The van der Waals surface area contributed by atoms with Crippen molar-refractivity contribution in [3.8, 4) is 5.75 Å². The number of ether oxygens (including phenoxy) is 1. The maximum Gasteiger partial charge on any atom is 0.122 e. The predicted molar refractivity (Wildman–Crippen MR) is 78.6 cm³/mol. The zero-order valence-corrected chi connectivity index (χ0v) is 11.7. The SMILES string of the molecule is c1ccc(OCCCn2ccnc2CNC2CC2)cc1. The standard InChI is InChI=1S/C16H21N3O/c1-2-5-15(6-3-1)20-12-4-10-19-11-9-17-16(19)13-18-14-7-8-14/h1-3,5-6,9,11,14,18H,4,7-8,10,12-13H2. The van der Waals surface area contributed by atoms with Crippen molar-refractivity contribution in [1.82, 2.24) is 14.9 Å².